The fraction of sp³-hybridized carbons (Fsp3) is 0.296. The zero-order chi connectivity index (χ0) is 30.6. The van der Waals surface area contributed by atoms with Gasteiger partial charge in [-0.1, -0.05) is 24.3 Å². The predicted octanol–water partition coefficient (Wildman–Crippen LogP) is 2.66. The summed E-state index contributed by atoms with van der Waals surface area (Å²) in [5.74, 6) is -0.744. The summed E-state index contributed by atoms with van der Waals surface area (Å²) in [6.07, 6.45) is -0.603. The Morgan fingerprint density at radius 3 is 2.44 bits per heavy atom. The van der Waals surface area contributed by atoms with Crippen molar-refractivity contribution in [2.75, 3.05) is 31.6 Å². The van der Waals surface area contributed by atoms with Crippen LogP contribution in [0.4, 0.5) is 19.0 Å². The van der Waals surface area contributed by atoms with Gasteiger partial charge < -0.3 is 19.7 Å². The molecule has 0 radical (unpaired) electrons. The number of hydrogen-bond acceptors (Lipinski definition) is 10. The van der Waals surface area contributed by atoms with Gasteiger partial charge in [0.1, 0.15) is 29.5 Å². The maximum Gasteiger partial charge on any atom is 0.573 e. The number of carbonyl (C=O) groups is 1. The number of nitrogens with one attached hydrogen (secondary N) is 1. The van der Waals surface area contributed by atoms with E-state index in [-0.39, 0.29) is 31.1 Å². The average Bonchev–Trinajstić information content (AvgIpc) is 2.99. The van der Waals surface area contributed by atoms with Gasteiger partial charge in [0.05, 0.1) is 23.9 Å². The van der Waals surface area contributed by atoms with Crippen molar-refractivity contribution in [3.05, 3.63) is 78.4 Å². The molecule has 2 aromatic carbocycles. The first kappa shape index (κ1) is 30.1. The summed E-state index contributed by atoms with van der Waals surface area (Å²) in [5.41, 5.74) is 2.54. The van der Waals surface area contributed by atoms with Crippen LogP contribution < -0.4 is 15.0 Å². The van der Waals surface area contributed by atoms with E-state index in [2.05, 4.69) is 30.0 Å². The van der Waals surface area contributed by atoms with Crippen LogP contribution in [0.2, 0.25) is 0 Å². The number of sulfonamides is 1. The number of piperazine rings is 1. The quantitative estimate of drug-likeness (QED) is 0.298. The third kappa shape index (κ3) is 7.15. The lowest BCUT2D eigenvalue weighted by molar-refractivity contribution is -0.274. The largest absolute Gasteiger partial charge is 0.573 e. The number of carbonyl (C=O) groups excluding carboxylic acids is 1. The van der Waals surface area contributed by atoms with Crippen molar-refractivity contribution in [1.29, 1.82) is 0 Å². The number of nitrogens with zero attached hydrogens (tertiary/aromatic N) is 6. The van der Waals surface area contributed by atoms with Crippen LogP contribution in [0, 0.1) is 0 Å². The Hall–Kier alpha value is -4.41. The zero-order valence-electron chi connectivity index (χ0n) is 22.7. The number of aromatic nitrogens is 4. The standard InChI is InChI=1S/C27H26F3N7O5S/c1-41-16-19-4-2-18(3-5-19)12-33-26(38)23-15-36(24-14-32-22-13-31-17-34-25(22)35-24)10-11-37(23)43(39,40)21-8-6-20(7-9-21)42-27(28,29)30/h2-9,13-14,17,23H,10-12,15-16H2,1H3,(H,33,38)/t23-/m1/s1. The van der Waals surface area contributed by atoms with Crippen molar-refractivity contribution in [1.82, 2.24) is 29.6 Å². The number of hydrogen-bond donors (Lipinski definition) is 1. The van der Waals surface area contributed by atoms with Crippen LogP contribution >= 0.6 is 0 Å². The molecule has 0 saturated carbocycles. The average molecular weight is 618 g/mol. The zero-order valence-corrected chi connectivity index (χ0v) is 23.5. The molecule has 16 heteroatoms. The highest BCUT2D eigenvalue weighted by atomic mass is 32.2. The summed E-state index contributed by atoms with van der Waals surface area (Å²) in [5, 5.41) is 2.81. The number of amides is 1. The highest BCUT2D eigenvalue weighted by molar-refractivity contribution is 7.89. The Morgan fingerprint density at radius 1 is 1.02 bits per heavy atom. The van der Waals surface area contributed by atoms with Gasteiger partial charge in [-0.15, -0.1) is 13.2 Å². The fourth-order valence-electron chi connectivity index (χ4n) is 4.56. The molecule has 1 N–H and O–H groups in total. The Morgan fingerprint density at radius 2 is 1.74 bits per heavy atom. The van der Waals surface area contributed by atoms with Gasteiger partial charge in [0, 0.05) is 33.3 Å². The molecular formula is C27H26F3N7O5S. The molecule has 0 aliphatic carbocycles. The molecule has 0 spiro atoms. The van der Waals surface area contributed by atoms with Gasteiger partial charge in [-0.2, -0.15) is 4.31 Å². The van der Waals surface area contributed by atoms with Gasteiger partial charge in [0.2, 0.25) is 15.9 Å². The summed E-state index contributed by atoms with van der Waals surface area (Å²) < 4.78 is 75.2. The number of rotatable bonds is 9. The molecule has 43 heavy (non-hydrogen) atoms. The minimum Gasteiger partial charge on any atom is -0.406 e. The van der Waals surface area contributed by atoms with Crippen LogP contribution in [0.3, 0.4) is 0 Å². The molecule has 2 aromatic heterocycles. The van der Waals surface area contributed by atoms with Gasteiger partial charge >= 0.3 is 6.36 Å². The van der Waals surface area contributed by atoms with E-state index in [4.69, 9.17) is 4.74 Å². The van der Waals surface area contributed by atoms with E-state index in [1.165, 1.54) is 18.7 Å². The molecule has 4 aromatic rings. The molecular weight excluding hydrogens is 591 g/mol. The second-order valence-electron chi connectivity index (χ2n) is 9.52. The molecule has 3 heterocycles. The van der Waals surface area contributed by atoms with E-state index in [0.717, 1.165) is 39.7 Å². The maximum absolute atomic E-state index is 13.7. The first-order valence-corrected chi connectivity index (χ1v) is 14.4. The SMILES string of the molecule is COCc1ccc(CNC(=O)[C@H]2CN(c3cnc4cncnc4n3)CCN2S(=O)(=O)c2ccc(OC(F)(F)F)cc2)cc1. The smallest absolute Gasteiger partial charge is 0.406 e. The number of halogens is 3. The van der Waals surface area contributed by atoms with Crippen LogP contribution in [0.1, 0.15) is 11.1 Å². The van der Waals surface area contributed by atoms with Crippen molar-refractivity contribution < 1.29 is 35.9 Å². The predicted molar refractivity (Wildman–Crippen MR) is 147 cm³/mol. The van der Waals surface area contributed by atoms with Crippen molar-refractivity contribution in [2.45, 2.75) is 30.5 Å². The Balaban J connectivity index is 1.40. The molecule has 1 aliphatic heterocycles. The van der Waals surface area contributed by atoms with Crippen LogP contribution in [-0.2, 0) is 32.7 Å². The molecule has 0 unspecified atom stereocenters. The van der Waals surface area contributed by atoms with Gasteiger partial charge in [-0.3, -0.25) is 4.79 Å². The Labute approximate surface area is 244 Å². The second-order valence-corrected chi connectivity index (χ2v) is 11.4. The molecule has 1 amide bonds. The maximum atomic E-state index is 13.7. The van der Waals surface area contributed by atoms with E-state index < -0.39 is 34.1 Å². The monoisotopic (exact) mass is 617 g/mol. The first-order chi connectivity index (χ1) is 20.5. The van der Waals surface area contributed by atoms with Gasteiger partial charge in [-0.05, 0) is 35.4 Å². The Kier molecular flexibility index (Phi) is 8.70. The van der Waals surface area contributed by atoms with Crippen LogP contribution in [0.25, 0.3) is 11.2 Å². The lowest BCUT2D eigenvalue weighted by Crippen LogP contribution is -2.60. The third-order valence-electron chi connectivity index (χ3n) is 6.63. The highest BCUT2D eigenvalue weighted by Gasteiger charge is 2.41. The first-order valence-electron chi connectivity index (χ1n) is 12.9. The van der Waals surface area contributed by atoms with Gasteiger partial charge in [0.15, 0.2) is 5.65 Å². The van der Waals surface area contributed by atoms with Gasteiger partial charge in [-0.25, -0.2) is 28.4 Å². The number of alkyl halides is 3. The molecule has 1 atom stereocenters. The molecule has 0 bridgehead atoms. The summed E-state index contributed by atoms with van der Waals surface area (Å²) in [7, 11) is -2.73. The number of benzene rings is 2. The lowest BCUT2D eigenvalue weighted by atomic mass is 10.1. The van der Waals surface area contributed by atoms with Crippen LogP contribution in [0.5, 0.6) is 5.75 Å². The highest BCUT2D eigenvalue weighted by Crippen LogP contribution is 2.28. The fourth-order valence-corrected chi connectivity index (χ4v) is 6.13. The molecule has 5 rings (SSSR count). The molecule has 12 nitrogen and oxygen atoms in total. The molecule has 1 aliphatic rings. The van der Waals surface area contributed by atoms with E-state index in [1.54, 1.807) is 12.0 Å². The summed E-state index contributed by atoms with van der Waals surface area (Å²) in [4.78, 5) is 31.8. The van der Waals surface area contributed by atoms with Crippen molar-refractivity contribution in [3.8, 4) is 5.75 Å². The van der Waals surface area contributed by atoms with E-state index in [0.29, 0.717) is 23.6 Å². The normalized spacial score (nSPS) is 16.3. The summed E-state index contributed by atoms with van der Waals surface area (Å²) in [6, 6.07) is 10.00. The summed E-state index contributed by atoms with van der Waals surface area (Å²) >= 11 is 0. The molecule has 1 saturated heterocycles. The van der Waals surface area contributed by atoms with E-state index >= 15 is 0 Å². The second kappa shape index (κ2) is 12.4. The summed E-state index contributed by atoms with van der Waals surface area (Å²) in [6.45, 7) is 0.538. The third-order valence-corrected chi connectivity index (χ3v) is 8.56. The van der Waals surface area contributed by atoms with Crippen molar-refractivity contribution >= 4 is 32.9 Å². The van der Waals surface area contributed by atoms with E-state index in [9.17, 15) is 26.4 Å². The number of ether oxygens (including phenoxy) is 2. The number of anilines is 1. The van der Waals surface area contributed by atoms with Crippen LogP contribution in [0.15, 0.2) is 72.1 Å². The van der Waals surface area contributed by atoms with Crippen molar-refractivity contribution in [2.24, 2.45) is 0 Å². The topological polar surface area (TPSA) is 140 Å². The number of fused-ring (bicyclic) bond motifs is 1. The lowest BCUT2D eigenvalue weighted by Gasteiger charge is -2.40. The Bertz CT molecular complexity index is 1690. The molecule has 226 valence electrons. The molecule has 1 fully saturated rings. The van der Waals surface area contributed by atoms with Crippen molar-refractivity contribution in [3.63, 3.8) is 0 Å². The van der Waals surface area contributed by atoms with Crippen LogP contribution in [-0.4, -0.2) is 77.7 Å². The van der Waals surface area contributed by atoms with Gasteiger partial charge in [0.25, 0.3) is 0 Å². The minimum atomic E-state index is -4.93. The van der Waals surface area contributed by atoms with E-state index in [1.807, 2.05) is 24.3 Å². The minimum absolute atomic E-state index is 0.0711. The number of methoxy groups -OCH3 is 1.